The first-order valence-electron chi connectivity index (χ1n) is 10.0. The van der Waals surface area contributed by atoms with Gasteiger partial charge in [-0.05, 0) is 57.9 Å². The molecule has 3 unspecified atom stereocenters. The van der Waals surface area contributed by atoms with Crippen molar-refractivity contribution < 1.29 is 0 Å². The monoisotopic (exact) mass is 463 g/mol. The average molecular weight is 463 g/mol. The highest BCUT2D eigenvalue weighted by atomic mass is 127. The van der Waals surface area contributed by atoms with E-state index in [1.54, 1.807) is 0 Å². The van der Waals surface area contributed by atoms with Gasteiger partial charge in [0.2, 0.25) is 0 Å². The van der Waals surface area contributed by atoms with E-state index in [4.69, 9.17) is 0 Å². The second-order valence-electron chi connectivity index (χ2n) is 8.46. The molecule has 0 radical (unpaired) electrons. The maximum atomic E-state index is 4.47. The zero-order chi connectivity index (χ0) is 17.1. The summed E-state index contributed by atoms with van der Waals surface area (Å²) >= 11 is 0. The molecule has 0 aromatic heterocycles. The zero-order valence-electron chi connectivity index (χ0n) is 16.5. The Hall–Kier alpha value is -0.0800. The van der Waals surface area contributed by atoms with Gasteiger partial charge >= 0.3 is 0 Å². The standard InChI is InChI=1S/C19H37N5.HI/c1-14(2)23-9-5-6-16(12-23)10-21-19(20-4)22-18-13-24(11-15(18)3)17-7-8-17;/h14-18H,5-13H2,1-4H3,(H2,20,21,22);1H. The number of halogens is 1. The molecule has 25 heavy (non-hydrogen) atoms. The molecule has 2 heterocycles. The van der Waals surface area contributed by atoms with Crippen LogP contribution in [0.3, 0.4) is 0 Å². The largest absolute Gasteiger partial charge is 0.356 e. The maximum absolute atomic E-state index is 4.47. The molecule has 1 saturated carbocycles. The third-order valence-electron chi connectivity index (χ3n) is 6.09. The van der Waals surface area contributed by atoms with Crippen molar-refractivity contribution in [2.75, 3.05) is 39.8 Å². The molecule has 6 heteroatoms. The number of guanidine groups is 1. The number of rotatable bonds is 5. The topological polar surface area (TPSA) is 42.9 Å². The lowest BCUT2D eigenvalue weighted by molar-refractivity contribution is 0.141. The quantitative estimate of drug-likeness (QED) is 0.373. The Morgan fingerprint density at radius 2 is 1.92 bits per heavy atom. The first-order chi connectivity index (χ1) is 11.6. The van der Waals surface area contributed by atoms with Crippen LogP contribution in [0.1, 0.15) is 46.5 Å². The van der Waals surface area contributed by atoms with Crippen molar-refractivity contribution in [3.8, 4) is 0 Å². The van der Waals surface area contributed by atoms with Crippen molar-refractivity contribution in [3.63, 3.8) is 0 Å². The summed E-state index contributed by atoms with van der Waals surface area (Å²) in [4.78, 5) is 9.75. The fourth-order valence-corrected chi connectivity index (χ4v) is 4.27. The number of hydrogen-bond donors (Lipinski definition) is 2. The van der Waals surface area contributed by atoms with E-state index in [-0.39, 0.29) is 24.0 Å². The Morgan fingerprint density at radius 1 is 1.16 bits per heavy atom. The van der Waals surface area contributed by atoms with Crippen LogP contribution >= 0.6 is 24.0 Å². The van der Waals surface area contributed by atoms with Crippen molar-refractivity contribution in [3.05, 3.63) is 0 Å². The van der Waals surface area contributed by atoms with Crippen LogP contribution in [-0.4, -0.2) is 73.7 Å². The zero-order valence-corrected chi connectivity index (χ0v) is 18.8. The van der Waals surface area contributed by atoms with Gasteiger partial charge in [-0.2, -0.15) is 0 Å². The molecular formula is C19H38IN5. The first kappa shape index (κ1) is 21.2. The summed E-state index contributed by atoms with van der Waals surface area (Å²) in [5.74, 6) is 2.44. The number of likely N-dealkylation sites (tertiary alicyclic amines) is 2. The average Bonchev–Trinajstić information content (AvgIpc) is 3.36. The maximum Gasteiger partial charge on any atom is 0.191 e. The SMILES string of the molecule is CN=C(NCC1CCCN(C(C)C)C1)NC1CN(C2CC2)CC1C.I. The third-order valence-corrected chi connectivity index (χ3v) is 6.09. The first-order valence-corrected chi connectivity index (χ1v) is 10.0. The minimum absolute atomic E-state index is 0. The third kappa shape index (κ3) is 5.96. The van der Waals surface area contributed by atoms with Gasteiger partial charge in [0.1, 0.15) is 0 Å². The number of nitrogens with one attached hydrogen (secondary N) is 2. The normalized spacial score (nSPS) is 31.9. The second-order valence-corrected chi connectivity index (χ2v) is 8.46. The Labute approximate surface area is 171 Å². The van der Waals surface area contributed by atoms with Crippen LogP contribution in [0, 0.1) is 11.8 Å². The predicted molar refractivity (Wildman–Crippen MR) is 117 cm³/mol. The molecule has 5 nitrogen and oxygen atoms in total. The molecule has 0 aromatic rings. The van der Waals surface area contributed by atoms with Gasteiger partial charge in [0.25, 0.3) is 0 Å². The number of piperidine rings is 1. The number of hydrogen-bond acceptors (Lipinski definition) is 3. The molecule has 0 amide bonds. The lowest BCUT2D eigenvalue weighted by Crippen LogP contribution is -2.49. The van der Waals surface area contributed by atoms with Crippen LogP contribution in [0.25, 0.3) is 0 Å². The van der Waals surface area contributed by atoms with E-state index in [0.29, 0.717) is 18.0 Å². The second kappa shape index (κ2) is 9.74. The molecule has 3 rings (SSSR count). The van der Waals surface area contributed by atoms with Crippen LogP contribution in [-0.2, 0) is 0 Å². The van der Waals surface area contributed by atoms with Crippen molar-refractivity contribution in [2.24, 2.45) is 16.8 Å². The minimum atomic E-state index is 0. The lowest BCUT2D eigenvalue weighted by atomic mass is 9.97. The van der Waals surface area contributed by atoms with Crippen molar-refractivity contribution in [1.29, 1.82) is 0 Å². The van der Waals surface area contributed by atoms with Crippen molar-refractivity contribution >= 4 is 29.9 Å². The molecule has 3 atom stereocenters. The summed E-state index contributed by atoms with van der Waals surface area (Å²) in [6, 6.07) is 2.08. The van der Waals surface area contributed by atoms with E-state index < -0.39 is 0 Å². The molecule has 146 valence electrons. The van der Waals surface area contributed by atoms with Crippen LogP contribution in [0.5, 0.6) is 0 Å². The Balaban J connectivity index is 0.00000225. The van der Waals surface area contributed by atoms with E-state index in [2.05, 4.69) is 46.2 Å². The molecule has 0 bridgehead atoms. The molecule has 3 aliphatic rings. The van der Waals surface area contributed by atoms with E-state index in [1.807, 2.05) is 7.05 Å². The number of nitrogens with zero attached hydrogens (tertiary/aromatic N) is 3. The molecule has 1 aliphatic carbocycles. The molecule has 2 aliphatic heterocycles. The van der Waals surface area contributed by atoms with Crippen molar-refractivity contribution in [2.45, 2.75) is 64.6 Å². The van der Waals surface area contributed by atoms with Gasteiger partial charge < -0.3 is 15.5 Å². The van der Waals surface area contributed by atoms with E-state index in [9.17, 15) is 0 Å². The van der Waals surface area contributed by atoms with Crippen LogP contribution in [0.2, 0.25) is 0 Å². The molecule has 0 aromatic carbocycles. The lowest BCUT2D eigenvalue weighted by Gasteiger charge is -2.35. The summed E-state index contributed by atoms with van der Waals surface area (Å²) in [6.45, 7) is 12.9. The van der Waals surface area contributed by atoms with Gasteiger partial charge in [-0.25, -0.2) is 0 Å². The molecule has 2 N–H and O–H groups in total. The van der Waals surface area contributed by atoms with Gasteiger partial charge in [0.05, 0.1) is 0 Å². The van der Waals surface area contributed by atoms with Gasteiger partial charge in [0, 0.05) is 51.4 Å². The predicted octanol–water partition coefficient (Wildman–Crippen LogP) is 2.37. The van der Waals surface area contributed by atoms with E-state index in [0.717, 1.165) is 24.5 Å². The fourth-order valence-electron chi connectivity index (χ4n) is 4.27. The van der Waals surface area contributed by atoms with Gasteiger partial charge in [-0.3, -0.25) is 9.89 Å². The van der Waals surface area contributed by atoms with Gasteiger partial charge in [0.15, 0.2) is 5.96 Å². The highest BCUT2D eigenvalue weighted by Gasteiger charge is 2.38. The summed E-state index contributed by atoms with van der Waals surface area (Å²) in [6.07, 6.45) is 5.47. The van der Waals surface area contributed by atoms with E-state index >= 15 is 0 Å². The summed E-state index contributed by atoms with van der Waals surface area (Å²) in [7, 11) is 1.90. The summed E-state index contributed by atoms with van der Waals surface area (Å²) in [5, 5.41) is 7.28. The highest BCUT2D eigenvalue weighted by Crippen LogP contribution is 2.31. The van der Waals surface area contributed by atoms with Gasteiger partial charge in [-0.15, -0.1) is 24.0 Å². The number of aliphatic imine (C=N–C) groups is 1. The Bertz CT molecular complexity index is 438. The summed E-state index contributed by atoms with van der Waals surface area (Å²) < 4.78 is 0. The van der Waals surface area contributed by atoms with Crippen LogP contribution in [0.4, 0.5) is 0 Å². The molecule has 0 spiro atoms. The van der Waals surface area contributed by atoms with E-state index in [1.165, 1.54) is 51.9 Å². The fraction of sp³-hybridized carbons (Fsp3) is 0.947. The van der Waals surface area contributed by atoms with Crippen molar-refractivity contribution in [1.82, 2.24) is 20.4 Å². The smallest absolute Gasteiger partial charge is 0.191 e. The minimum Gasteiger partial charge on any atom is -0.356 e. The Morgan fingerprint density at radius 3 is 2.56 bits per heavy atom. The van der Waals surface area contributed by atoms with Gasteiger partial charge in [-0.1, -0.05) is 6.92 Å². The Kier molecular flexibility index (Phi) is 8.27. The molecule has 3 fully saturated rings. The molecular weight excluding hydrogens is 425 g/mol. The highest BCUT2D eigenvalue weighted by molar-refractivity contribution is 14.0. The van der Waals surface area contributed by atoms with Crippen LogP contribution in [0.15, 0.2) is 4.99 Å². The molecule has 2 saturated heterocycles. The summed E-state index contributed by atoms with van der Waals surface area (Å²) in [5.41, 5.74) is 0. The van der Waals surface area contributed by atoms with Crippen LogP contribution < -0.4 is 10.6 Å².